The second-order valence-corrected chi connectivity index (χ2v) is 13.9. The van der Waals surface area contributed by atoms with Crippen molar-refractivity contribution in [3.05, 3.63) is 29.8 Å². The molecule has 0 bridgehead atoms. The number of carbonyl (C=O) groups excluding carboxylic acids is 3. The molecule has 4 rings (SSSR count). The maximum Gasteiger partial charge on any atom is 0.408 e. The van der Waals surface area contributed by atoms with Gasteiger partial charge in [0.15, 0.2) is 0 Å². The number of piperidine rings is 1. The number of carbonyl (C=O) groups is 3. The van der Waals surface area contributed by atoms with Crippen LogP contribution in [0.5, 0.6) is 5.75 Å². The van der Waals surface area contributed by atoms with E-state index in [0.717, 1.165) is 49.7 Å². The summed E-state index contributed by atoms with van der Waals surface area (Å²) in [6.45, 7) is 1.49. The van der Waals surface area contributed by atoms with Crippen molar-refractivity contribution in [3.8, 4) is 5.75 Å². The molecule has 1 aromatic rings. The molecule has 0 aromatic heterocycles. The molecule has 2 atom stereocenters. The minimum Gasteiger partial charge on any atom is -0.491 e. The number of ether oxygens (including phenoxy) is 2. The predicted molar refractivity (Wildman–Crippen MR) is 160 cm³/mol. The predicted octanol–water partition coefficient (Wildman–Crippen LogP) is 2.15. The summed E-state index contributed by atoms with van der Waals surface area (Å²) in [6.07, 6.45) is 6.89. The van der Waals surface area contributed by atoms with Crippen molar-refractivity contribution in [3.63, 3.8) is 0 Å². The molecule has 12 nitrogen and oxygen atoms in total. The summed E-state index contributed by atoms with van der Waals surface area (Å²) in [7, 11) is -3.29. The lowest BCUT2D eigenvalue weighted by Crippen LogP contribution is -2.52. The molecule has 3 aliphatic rings. The number of benzene rings is 1. The van der Waals surface area contributed by atoms with Gasteiger partial charge in [0.2, 0.25) is 21.8 Å². The Hall–Kier alpha value is -2.90. The van der Waals surface area contributed by atoms with E-state index in [2.05, 4.69) is 10.6 Å². The molecule has 1 aromatic carbocycles. The fourth-order valence-corrected chi connectivity index (χ4v) is 6.98. The van der Waals surface area contributed by atoms with Crippen LogP contribution < -0.4 is 15.4 Å². The smallest absolute Gasteiger partial charge is 0.408 e. The molecule has 0 spiro atoms. The number of sulfonamides is 1. The molecule has 240 valence electrons. The van der Waals surface area contributed by atoms with Gasteiger partial charge in [0.1, 0.15) is 24.5 Å². The highest BCUT2D eigenvalue weighted by atomic mass is 32.2. The van der Waals surface area contributed by atoms with Crippen molar-refractivity contribution in [2.75, 3.05) is 39.1 Å². The van der Waals surface area contributed by atoms with Crippen LogP contribution in [0, 0.1) is 5.92 Å². The number of aliphatic hydroxyl groups is 1. The summed E-state index contributed by atoms with van der Waals surface area (Å²) >= 11 is 0. The first-order valence-electron chi connectivity index (χ1n) is 15.4. The van der Waals surface area contributed by atoms with Crippen molar-refractivity contribution in [1.82, 2.24) is 19.8 Å². The van der Waals surface area contributed by atoms with Gasteiger partial charge in [-0.2, -0.15) is 0 Å². The summed E-state index contributed by atoms with van der Waals surface area (Å²) in [4.78, 5) is 41.0. The maximum atomic E-state index is 13.4. The molecule has 0 radical (unpaired) electrons. The Labute approximate surface area is 254 Å². The lowest BCUT2D eigenvalue weighted by Gasteiger charge is -2.31. The van der Waals surface area contributed by atoms with Crippen molar-refractivity contribution in [1.29, 1.82) is 0 Å². The van der Waals surface area contributed by atoms with E-state index in [-0.39, 0.29) is 44.4 Å². The summed E-state index contributed by atoms with van der Waals surface area (Å²) in [5.41, 5.74) is 0.935. The van der Waals surface area contributed by atoms with Gasteiger partial charge in [0.05, 0.1) is 25.4 Å². The monoisotopic (exact) mass is 622 g/mol. The molecule has 13 heteroatoms. The first-order valence-corrected chi connectivity index (χ1v) is 17.3. The number of amides is 3. The molecule has 2 fully saturated rings. The summed E-state index contributed by atoms with van der Waals surface area (Å²) in [5, 5.41) is 15.6. The van der Waals surface area contributed by atoms with E-state index in [9.17, 15) is 27.9 Å². The second kappa shape index (κ2) is 15.7. The lowest BCUT2D eigenvalue weighted by molar-refractivity contribution is -0.132. The van der Waals surface area contributed by atoms with Gasteiger partial charge >= 0.3 is 6.09 Å². The maximum absolute atomic E-state index is 13.4. The van der Waals surface area contributed by atoms with Crippen molar-refractivity contribution >= 4 is 27.9 Å². The second-order valence-electron chi connectivity index (χ2n) is 11.9. The first kappa shape index (κ1) is 33.0. The quantitative estimate of drug-likeness (QED) is 0.339. The first-order chi connectivity index (χ1) is 20.6. The van der Waals surface area contributed by atoms with Gasteiger partial charge in [-0.05, 0) is 37.7 Å². The van der Waals surface area contributed by atoms with E-state index in [4.69, 9.17) is 9.47 Å². The van der Waals surface area contributed by atoms with Crippen LogP contribution in [0.25, 0.3) is 0 Å². The summed E-state index contributed by atoms with van der Waals surface area (Å²) < 4.78 is 36.2. The van der Waals surface area contributed by atoms with Crippen LogP contribution in [-0.4, -0.2) is 97.9 Å². The highest BCUT2D eigenvalue weighted by Gasteiger charge is 2.31. The van der Waals surface area contributed by atoms with E-state index in [0.29, 0.717) is 39.0 Å². The number of hydrogen-bond donors (Lipinski definition) is 3. The average Bonchev–Trinajstić information content (AvgIpc) is 3.22. The number of hydrogen-bond acceptors (Lipinski definition) is 8. The highest BCUT2D eigenvalue weighted by molar-refractivity contribution is 7.88. The third kappa shape index (κ3) is 10.1. The van der Waals surface area contributed by atoms with E-state index >= 15 is 0 Å². The van der Waals surface area contributed by atoms with Crippen LogP contribution >= 0.6 is 0 Å². The van der Waals surface area contributed by atoms with Crippen LogP contribution in [0.3, 0.4) is 0 Å². The highest BCUT2D eigenvalue weighted by Crippen LogP contribution is 2.28. The molecule has 3 amide bonds. The van der Waals surface area contributed by atoms with Crippen LogP contribution in [0.1, 0.15) is 69.8 Å². The number of para-hydroxylation sites is 1. The molecule has 2 aliphatic heterocycles. The Morgan fingerprint density at radius 3 is 2.47 bits per heavy atom. The molecular weight excluding hydrogens is 576 g/mol. The van der Waals surface area contributed by atoms with Crippen molar-refractivity contribution in [2.24, 2.45) is 5.92 Å². The third-order valence-corrected chi connectivity index (χ3v) is 9.93. The topological polar surface area (TPSA) is 155 Å². The van der Waals surface area contributed by atoms with Gasteiger partial charge in [0, 0.05) is 31.6 Å². The fraction of sp³-hybridized carbons (Fsp3) is 0.700. The number of aliphatic hydroxyl groups excluding tert-OH is 1. The average molecular weight is 623 g/mol. The van der Waals surface area contributed by atoms with E-state index in [1.54, 1.807) is 4.90 Å². The van der Waals surface area contributed by atoms with Crippen LogP contribution in [0.15, 0.2) is 24.3 Å². The Balaban J connectivity index is 1.30. The van der Waals surface area contributed by atoms with Gasteiger partial charge in [-0.25, -0.2) is 17.5 Å². The number of nitrogens with zero attached hydrogens (tertiary/aromatic N) is 2. The van der Waals surface area contributed by atoms with Crippen LogP contribution in [0.2, 0.25) is 0 Å². The van der Waals surface area contributed by atoms with E-state index in [1.165, 1.54) is 4.31 Å². The fourth-order valence-electron chi connectivity index (χ4n) is 6.10. The zero-order chi connectivity index (χ0) is 30.8. The Bertz CT molecular complexity index is 1200. The van der Waals surface area contributed by atoms with Gasteiger partial charge in [-0.1, -0.05) is 50.3 Å². The number of alkyl carbamates (subject to hydrolysis) is 1. The molecule has 2 unspecified atom stereocenters. The summed E-state index contributed by atoms with van der Waals surface area (Å²) in [6, 6.07) is 6.11. The van der Waals surface area contributed by atoms with Gasteiger partial charge < -0.3 is 30.1 Å². The zero-order valence-electron chi connectivity index (χ0n) is 25.0. The lowest BCUT2D eigenvalue weighted by atomic mass is 9.84. The van der Waals surface area contributed by atoms with Crippen LogP contribution in [-0.2, 0) is 30.9 Å². The van der Waals surface area contributed by atoms with Crippen molar-refractivity contribution in [2.45, 2.75) is 88.9 Å². The van der Waals surface area contributed by atoms with E-state index < -0.39 is 40.2 Å². The van der Waals surface area contributed by atoms with Crippen LogP contribution in [0.4, 0.5) is 4.79 Å². The Morgan fingerprint density at radius 2 is 1.77 bits per heavy atom. The van der Waals surface area contributed by atoms with E-state index in [1.807, 2.05) is 24.3 Å². The van der Waals surface area contributed by atoms with Crippen molar-refractivity contribution < 1.29 is 37.4 Å². The normalized spacial score (nSPS) is 20.2. The number of rotatable bonds is 11. The zero-order valence-corrected chi connectivity index (χ0v) is 25.9. The Kier molecular flexibility index (Phi) is 12.1. The van der Waals surface area contributed by atoms with Gasteiger partial charge in [-0.3, -0.25) is 9.59 Å². The Morgan fingerprint density at radius 1 is 1.05 bits per heavy atom. The molecule has 1 aliphatic carbocycles. The SMILES string of the molecule is CS(=O)(=O)N1CCC(OC(=O)NC(CC2CCCCC2)C(=O)NC(CO)CCC(=O)N2CCOc3ccccc3C2)CC1. The molecule has 3 N–H and O–H groups in total. The minimum absolute atomic E-state index is 0.0876. The number of fused-ring (bicyclic) bond motifs is 1. The van der Waals surface area contributed by atoms with Gasteiger partial charge in [-0.15, -0.1) is 0 Å². The number of nitrogens with one attached hydrogen (secondary N) is 2. The summed E-state index contributed by atoms with van der Waals surface area (Å²) in [5.74, 6) is 0.547. The largest absolute Gasteiger partial charge is 0.491 e. The minimum atomic E-state index is -3.29. The standard InChI is InChI=1S/C30H46N4O8S/c1-43(39,40)34-15-13-25(14-16-34)42-30(38)32-26(19-22-7-3-2-4-8-22)29(37)31-24(21-35)11-12-28(36)33-17-18-41-27-10-6-5-9-23(27)20-33/h5-6,9-10,22,24-26,35H,2-4,7-8,11-21H2,1H3,(H,31,37)(H,32,38). The third-order valence-electron chi connectivity index (χ3n) is 8.62. The molecular formula is C30H46N4O8S. The molecule has 2 heterocycles. The van der Waals surface area contributed by atoms with Gasteiger partial charge in [0.25, 0.3) is 0 Å². The molecule has 1 saturated carbocycles. The molecule has 43 heavy (non-hydrogen) atoms. The molecule has 1 saturated heterocycles.